The zero-order chi connectivity index (χ0) is 15.0. The molecule has 0 bridgehead atoms. The molecule has 0 radical (unpaired) electrons. The van der Waals surface area contributed by atoms with Crippen LogP contribution >= 0.6 is 0 Å². The van der Waals surface area contributed by atoms with Crippen molar-refractivity contribution >= 4 is 22.8 Å². The van der Waals surface area contributed by atoms with Gasteiger partial charge in [0, 0.05) is 13.1 Å². The summed E-state index contributed by atoms with van der Waals surface area (Å²) < 4.78 is 7.25. The fourth-order valence-electron chi connectivity index (χ4n) is 2.08. The van der Waals surface area contributed by atoms with Crippen LogP contribution in [0.2, 0.25) is 0 Å². The van der Waals surface area contributed by atoms with Crippen LogP contribution in [0.5, 0.6) is 0 Å². The number of nitro benzene ring substituents is 1. The Bertz CT molecular complexity index is 808. The molecule has 9 heteroatoms. The molecular weight excluding hydrogens is 276 g/mol. The zero-order valence-corrected chi connectivity index (χ0v) is 11.3. The largest absolute Gasteiger partial charge is 0.423 e. The minimum Gasteiger partial charge on any atom is -0.423 e. The van der Waals surface area contributed by atoms with E-state index in [1.54, 1.807) is 23.0 Å². The molecule has 108 valence electrons. The average Bonchev–Trinajstić information content (AvgIpc) is 3.03. The Balaban J connectivity index is 1.93. The number of nitro groups is 1. The van der Waals surface area contributed by atoms with Crippen LogP contribution in [0.25, 0.3) is 11.1 Å². The highest BCUT2D eigenvalue weighted by molar-refractivity contribution is 5.84. The third-order valence-corrected chi connectivity index (χ3v) is 3.07. The number of hydrogen-bond donors (Lipinski definition) is 1. The Kier molecular flexibility index (Phi) is 3.01. The van der Waals surface area contributed by atoms with Gasteiger partial charge in [0.15, 0.2) is 16.9 Å². The molecule has 0 spiro atoms. The van der Waals surface area contributed by atoms with Crippen molar-refractivity contribution in [3.05, 3.63) is 40.5 Å². The highest BCUT2D eigenvalue weighted by Crippen LogP contribution is 2.28. The van der Waals surface area contributed by atoms with Crippen molar-refractivity contribution in [2.75, 3.05) is 5.32 Å². The second kappa shape index (κ2) is 4.85. The van der Waals surface area contributed by atoms with E-state index >= 15 is 0 Å². The second-order valence-corrected chi connectivity index (χ2v) is 4.57. The molecule has 0 aliphatic carbocycles. The van der Waals surface area contributed by atoms with Crippen LogP contribution in [0.15, 0.2) is 28.9 Å². The van der Waals surface area contributed by atoms with E-state index in [4.69, 9.17) is 4.42 Å². The molecule has 2 aromatic heterocycles. The number of anilines is 1. The number of hydrogen-bond acceptors (Lipinski definition) is 7. The maximum atomic E-state index is 11.0. The van der Waals surface area contributed by atoms with E-state index in [2.05, 4.69) is 20.5 Å². The molecule has 3 aromatic rings. The van der Waals surface area contributed by atoms with Crippen molar-refractivity contribution in [1.82, 2.24) is 19.7 Å². The molecule has 9 nitrogen and oxygen atoms in total. The zero-order valence-electron chi connectivity index (χ0n) is 11.3. The first-order chi connectivity index (χ1) is 10.1. The molecular formula is C12H12N6O3. The molecule has 0 fully saturated rings. The Hall–Kier alpha value is -2.97. The van der Waals surface area contributed by atoms with Crippen LogP contribution in [-0.4, -0.2) is 24.7 Å². The molecule has 0 saturated carbocycles. The molecule has 1 unspecified atom stereocenters. The van der Waals surface area contributed by atoms with Crippen LogP contribution in [0.4, 0.5) is 11.7 Å². The molecule has 1 N–H and O–H groups in total. The van der Waals surface area contributed by atoms with Gasteiger partial charge < -0.3 is 14.3 Å². The lowest BCUT2D eigenvalue weighted by atomic mass is 10.3. The van der Waals surface area contributed by atoms with Crippen LogP contribution in [-0.2, 0) is 7.05 Å². The third-order valence-electron chi connectivity index (χ3n) is 3.07. The molecule has 21 heavy (non-hydrogen) atoms. The quantitative estimate of drug-likeness (QED) is 0.577. The predicted octanol–water partition coefficient (Wildman–Crippen LogP) is 2.04. The number of fused-ring (bicyclic) bond motifs is 1. The first-order valence-corrected chi connectivity index (χ1v) is 6.20. The van der Waals surface area contributed by atoms with Gasteiger partial charge in [-0.25, -0.2) is 0 Å². The number of non-ortho nitro benzene ring substituents is 1. The summed E-state index contributed by atoms with van der Waals surface area (Å²) in [7, 11) is 1.82. The van der Waals surface area contributed by atoms with Crippen LogP contribution < -0.4 is 5.32 Å². The highest BCUT2D eigenvalue weighted by Gasteiger charge is 2.19. The topological polar surface area (TPSA) is 112 Å². The summed E-state index contributed by atoms with van der Waals surface area (Å²) in [5, 5.41) is 21.8. The standard InChI is InChI=1S/C12H12N6O3/c1-7(11-16-13-6-17(11)2)14-12-15-10-8(18(19)20)4-3-5-9(10)21-12/h3-7H,1-2H3,(H,14,15). The van der Waals surface area contributed by atoms with Gasteiger partial charge in [0.2, 0.25) is 0 Å². The highest BCUT2D eigenvalue weighted by atomic mass is 16.6. The summed E-state index contributed by atoms with van der Waals surface area (Å²) in [4.78, 5) is 14.6. The fourth-order valence-corrected chi connectivity index (χ4v) is 2.08. The lowest BCUT2D eigenvalue weighted by Gasteiger charge is -2.10. The van der Waals surface area contributed by atoms with Gasteiger partial charge in [-0.1, -0.05) is 6.07 Å². The van der Waals surface area contributed by atoms with E-state index in [9.17, 15) is 10.1 Å². The lowest BCUT2D eigenvalue weighted by Crippen LogP contribution is -2.12. The van der Waals surface area contributed by atoms with Gasteiger partial charge in [-0.3, -0.25) is 10.1 Å². The van der Waals surface area contributed by atoms with Gasteiger partial charge in [-0.2, -0.15) is 4.98 Å². The van der Waals surface area contributed by atoms with Gasteiger partial charge >= 0.3 is 0 Å². The summed E-state index contributed by atoms with van der Waals surface area (Å²) >= 11 is 0. The SMILES string of the molecule is CC(Nc1nc2c([N+](=O)[O-])cccc2o1)c1nncn1C. The van der Waals surface area contributed by atoms with Crippen molar-refractivity contribution < 1.29 is 9.34 Å². The first kappa shape index (κ1) is 13.0. The van der Waals surface area contributed by atoms with Crippen LogP contribution in [0, 0.1) is 10.1 Å². The first-order valence-electron chi connectivity index (χ1n) is 6.20. The lowest BCUT2D eigenvalue weighted by molar-refractivity contribution is -0.383. The van der Waals surface area contributed by atoms with E-state index in [-0.39, 0.29) is 23.3 Å². The van der Waals surface area contributed by atoms with E-state index in [0.717, 1.165) is 0 Å². The number of nitrogens with one attached hydrogen (secondary N) is 1. The molecule has 3 rings (SSSR count). The van der Waals surface area contributed by atoms with Gasteiger partial charge in [-0.05, 0) is 13.0 Å². The van der Waals surface area contributed by atoms with Crippen LogP contribution in [0.3, 0.4) is 0 Å². The van der Waals surface area contributed by atoms with Gasteiger partial charge in [0.05, 0.1) is 11.0 Å². The number of aryl methyl sites for hydroxylation is 1. The monoisotopic (exact) mass is 288 g/mol. The minimum absolute atomic E-state index is 0.0874. The van der Waals surface area contributed by atoms with E-state index in [0.29, 0.717) is 11.4 Å². The number of rotatable bonds is 4. The molecule has 2 heterocycles. The van der Waals surface area contributed by atoms with Crippen molar-refractivity contribution in [3.8, 4) is 0 Å². The summed E-state index contributed by atoms with van der Waals surface area (Å²) in [6.07, 6.45) is 1.59. The maximum absolute atomic E-state index is 11.0. The van der Waals surface area contributed by atoms with Crippen molar-refractivity contribution in [2.24, 2.45) is 7.05 Å². The fraction of sp³-hybridized carbons (Fsp3) is 0.250. The van der Waals surface area contributed by atoms with Crippen LogP contribution in [0.1, 0.15) is 18.8 Å². The molecule has 0 amide bonds. The molecule has 1 aromatic carbocycles. The normalized spacial score (nSPS) is 12.5. The maximum Gasteiger partial charge on any atom is 0.298 e. The Morgan fingerprint density at radius 2 is 2.29 bits per heavy atom. The molecule has 0 aliphatic rings. The van der Waals surface area contributed by atoms with E-state index in [1.165, 1.54) is 6.07 Å². The van der Waals surface area contributed by atoms with Crippen molar-refractivity contribution in [3.63, 3.8) is 0 Å². The van der Waals surface area contributed by atoms with Crippen molar-refractivity contribution in [1.29, 1.82) is 0 Å². The number of para-hydroxylation sites is 1. The summed E-state index contributed by atoms with van der Waals surface area (Å²) in [5.41, 5.74) is 0.489. The van der Waals surface area contributed by atoms with Gasteiger partial charge in [-0.15, -0.1) is 10.2 Å². The second-order valence-electron chi connectivity index (χ2n) is 4.57. The van der Waals surface area contributed by atoms with Crippen molar-refractivity contribution in [2.45, 2.75) is 13.0 Å². The number of oxazole rings is 1. The van der Waals surface area contributed by atoms with E-state index in [1.807, 2.05) is 14.0 Å². The number of aromatic nitrogens is 4. The summed E-state index contributed by atoms with van der Waals surface area (Å²) in [6.45, 7) is 1.87. The molecule has 0 saturated heterocycles. The Morgan fingerprint density at radius 3 is 2.95 bits per heavy atom. The third kappa shape index (κ3) is 2.29. The Labute approximate surface area is 118 Å². The van der Waals surface area contributed by atoms with Gasteiger partial charge in [0.25, 0.3) is 11.7 Å². The number of benzene rings is 1. The molecule has 1 atom stereocenters. The number of nitrogens with zero attached hydrogens (tertiary/aromatic N) is 5. The molecule has 0 aliphatic heterocycles. The minimum atomic E-state index is -0.485. The Morgan fingerprint density at radius 1 is 1.48 bits per heavy atom. The smallest absolute Gasteiger partial charge is 0.298 e. The van der Waals surface area contributed by atoms with E-state index < -0.39 is 4.92 Å². The summed E-state index contributed by atoms with van der Waals surface area (Å²) in [6, 6.07) is 4.58. The predicted molar refractivity (Wildman–Crippen MR) is 73.7 cm³/mol. The summed E-state index contributed by atoms with van der Waals surface area (Å²) in [5.74, 6) is 0.701. The average molecular weight is 288 g/mol. The van der Waals surface area contributed by atoms with Gasteiger partial charge in [0.1, 0.15) is 6.33 Å².